The summed E-state index contributed by atoms with van der Waals surface area (Å²) in [7, 11) is 0. The monoisotopic (exact) mass is 592 g/mol. The van der Waals surface area contributed by atoms with E-state index in [0.29, 0.717) is 12.8 Å². The Bertz CT molecular complexity index is 712. The molecule has 6 nitrogen and oxygen atoms in total. The third-order valence-electron chi connectivity index (χ3n) is 7.17. The van der Waals surface area contributed by atoms with Crippen LogP contribution in [0.4, 0.5) is 0 Å². The predicted octanol–water partition coefficient (Wildman–Crippen LogP) is 8.94. The number of aliphatic hydroxyl groups excluding tert-OH is 2. The zero-order chi connectivity index (χ0) is 31.1. The van der Waals surface area contributed by atoms with E-state index in [1.54, 1.807) is 0 Å². The second-order valence-corrected chi connectivity index (χ2v) is 11.9. The van der Waals surface area contributed by atoms with Gasteiger partial charge in [0, 0.05) is 12.8 Å². The molecule has 0 amide bonds. The maximum absolute atomic E-state index is 11.9. The number of hydrogen-bond acceptors (Lipinski definition) is 6. The molecule has 6 heteroatoms. The number of carbonyl (C=O) groups is 2. The summed E-state index contributed by atoms with van der Waals surface area (Å²) in [6.07, 6.45) is 30.8. The first-order valence-corrected chi connectivity index (χ1v) is 17.0. The Morgan fingerprint density at radius 2 is 1.10 bits per heavy atom. The van der Waals surface area contributed by atoms with Crippen molar-refractivity contribution in [2.24, 2.45) is 5.92 Å². The summed E-state index contributed by atoms with van der Waals surface area (Å²) >= 11 is 0. The van der Waals surface area contributed by atoms with Crippen molar-refractivity contribution >= 4 is 11.9 Å². The van der Waals surface area contributed by atoms with Crippen molar-refractivity contribution in [3.63, 3.8) is 0 Å². The quantitative estimate of drug-likeness (QED) is 0.0390. The Labute approximate surface area is 258 Å². The van der Waals surface area contributed by atoms with Crippen LogP contribution in [-0.4, -0.2) is 47.6 Å². The molecule has 0 saturated carbocycles. The summed E-state index contributed by atoms with van der Waals surface area (Å²) in [5.41, 5.74) is 0. The molecule has 0 aliphatic heterocycles. The van der Waals surface area contributed by atoms with Crippen LogP contribution in [0.2, 0.25) is 0 Å². The van der Waals surface area contributed by atoms with Gasteiger partial charge >= 0.3 is 11.9 Å². The first kappa shape index (κ1) is 40.1. The smallest absolute Gasteiger partial charge is 0.305 e. The molecule has 0 heterocycles. The van der Waals surface area contributed by atoms with Crippen molar-refractivity contribution in [2.75, 3.05) is 13.2 Å². The van der Waals surface area contributed by atoms with E-state index < -0.39 is 12.2 Å². The highest BCUT2D eigenvalue weighted by Crippen LogP contribution is 2.14. The van der Waals surface area contributed by atoms with Gasteiger partial charge < -0.3 is 19.7 Å². The molecule has 0 aromatic carbocycles. The fraction of sp³-hybridized carbons (Fsp3) is 0.778. The molecule has 0 aromatic rings. The summed E-state index contributed by atoms with van der Waals surface area (Å²) < 4.78 is 10.2. The molecule has 1 unspecified atom stereocenters. The zero-order valence-electron chi connectivity index (χ0n) is 27.3. The van der Waals surface area contributed by atoms with Crippen molar-refractivity contribution in [1.82, 2.24) is 0 Å². The van der Waals surface area contributed by atoms with Gasteiger partial charge in [-0.2, -0.15) is 0 Å². The first-order valence-electron chi connectivity index (χ1n) is 17.0. The standard InChI is InChI=1S/C36H64O6/c1-4-5-6-7-11-16-21-26-33(37)27-22-17-14-19-24-29-36(40)42-31-34(38)30-41-35(39)28-23-18-13-10-8-9-12-15-20-25-32(2)3/h5-6,11,16,21,26,32-34,37-38H,4,7-10,12-15,17-20,22-25,27-31H2,1-3H3/b6-5+,16-11+,26-21+/t33?,34-/m0/s1. The molecule has 0 spiro atoms. The van der Waals surface area contributed by atoms with Gasteiger partial charge in [0.25, 0.3) is 0 Å². The Hall–Kier alpha value is -1.92. The third-order valence-corrected chi connectivity index (χ3v) is 7.17. The van der Waals surface area contributed by atoms with E-state index in [4.69, 9.17) is 9.47 Å². The fourth-order valence-corrected chi connectivity index (χ4v) is 4.57. The Morgan fingerprint density at radius 1 is 0.619 bits per heavy atom. The van der Waals surface area contributed by atoms with Crippen molar-refractivity contribution in [1.29, 1.82) is 0 Å². The minimum Gasteiger partial charge on any atom is -0.463 e. The van der Waals surface area contributed by atoms with Crippen LogP contribution < -0.4 is 0 Å². The van der Waals surface area contributed by atoms with Crippen LogP contribution >= 0.6 is 0 Å². The molecule has 0 aromatic heterocycles. The Balaban J connectivity index is 3.56. The topological polar surface area (TPSA) is 93.1 Å². The number of carbonyl (C=O) groups excluding carboxylic acids is 2. The molecular weight excluding hydrogens is 528 g/mol. The lowest BCUT2D eigenvalue weighted by molar-refractivity contribution is -0.152. The molecule has 0 rings (SSSR count). The van der Waals surface area contributed by atoms with Crippen molar-refractivity contribution in [3.05, 3.63) is 36.5 Å². The second kappa shape index (κ2) is 30.5. The molecule has 0 aliphatic rings. The van der Waals surface area contributed by atoms with E-state index in [2.05, 4.69) is 39.0 Å². The highest BCUT2D eigenvalue weighted by atomic mass is 16.6. The summed E-state index contributed by atoms with van der Waals surface area (Å²) in [5, 5.41) is 20.0. The molecule has 42 heavy (non-hydrogen) atoms. The minimum absolute atomic E-state index is 0.142. The number of rotatable bonds is 29. The molecule has 0 saturated heterocycles. The maximum atomic E-state index is 11.9. The molecule has 0 aliphatic carbocycles. The van der Waals surface area contributed by atoms with Gasteiger partial charge in [0.05, 0.1) is 6.10 Å². The summed E-state index contributed by atoms with van der Waals surface area (Å²) in [5.74, 6) is 0.169. The van der Waals surface area contributed by atoms with Crippen LogP contribution in [0.3, 0.4) is 0 Å². The molecular formula is C36H64O6. The number of allylic oxidation sites excluding steroid dienone is 5. The van der Waals surface area contributed by atoms with E-state index in [9.17, 15) is 19.8 Å². The second-order valence-electron chi connectivity index (χ2n) is 11.9. The van der Waals surface area contributed by atoms with Crippen LogP contribution in [0, 0.1) is 5.92 Å². The summed E-state index contributed by atoms with van der Waals surface area (Å²) in [6, 6.07) is 0. The maximum Gasteiger partial charge on any atom is 0.305 e. The molecule has 2 atom stereocenters. The third kappa shape index (κ3) is 31.0. The molecule has 0 radical (unpaired) electrons. The lowest BCUT2D eigenvalue weighted by Gasteiger charge is -2.12. The van der Waals surface area contributed by atoms with E-state index >= 15 is 0 Å². The normalized spacial score (nSPS) is 13.5. The van der Waals surface area contributed by atoms with Crippen LogP contribution in [0.1, 0.15) is 149 Å². The van der Waals surface area contributed by atoms with Gasteiger partial charge in [-0.05, 0) is 38.0 Å². The highest BCUT2D eigenvalue weighted by molar-refractivity contribution is 5.69. The van der Waals surface area contributed by atoms with E-state index in [1.165, 1.54) is 44.9 Å². The molecule has 0 bridgehead atoms. The fourth-order valence-electron chi connectivity index (χ4n) is 4.57. The number of aliphatic hydroxyl groups is 2. The molecule has 2 N–H and O–H groups in total. The molecule has 0 fully saturated rings. The van der Waals surface area contributed by atoms with Crippen LogP contribution in [0.15, 0.2) is 36.5 Å². The lowest BCUT2D eigenvalue weighted by Crippen LogP contribution is -2.25. The average Bonchev–Trinajstić information content (AvgIpc) is 2.96. The van der Waals surface area contributed by atoms with Gasteiger partial charge in [-0.15, -0.1) is 0 Å². The average molecular weight is 593 g/mol. The van der Waals surface area contributed by atoms with Gasteiger partial charge in [0.15, 0.2) is 0 Å². The van der Waals surface area contributed by atoms with Crippen molar-refractivity contribution in [3.8, 4) is 0 Å². The zero-order valence-corrected chi connectivity index (χ0v) is 27.3. The number of hydrogen-bond donors (Lipinski definition) is 2. The van der Waals surface area contributed by atoms with Gasteiger partial charge in [0.2, 0.25) is 0 Å². The lowest BCUT2D eigenvalue weighted by atomic mass is 10.0. The largest absolute Gasteiger partial charge is 0.463 e. The number of unbranched alkanes of at least 4 members (excludes halogenated alkanes) is 12. The minimum atomic E-state index is -0.993. The van der Waals surface area contributed by atoms with Crippen LogP contribution in [0.25, 0.3) is 0 Å². The highest BCUT2D eigenvalue weighted by Gasteiger charge is 2.12. The van der Waals surface area contributed by atoms with E-state index in [-0.39, 0.29) is 25.2 Å². The van der Waals surface area contributed by atoms with Crippen LogP contribution in [-0.2, 0) is 19.1 Å². The number of ether oxygens (including phenoxy) is 2. The Kier molecular flexibility index (Phi) is 29.1. The summed E-state index contributed by atoms with van der Waals surface area (Å²) in [6.45, 7) is 6.38. The van der Waals surface area contributed by atoms with Crippen molar-refractivity contribution < 1.29 is 29.3 Å². The van der Waals surface area contributed by atoms with Gasteiger partial charge in [-0.25, -0.2) is 0 Å². The van der Waals surface area contributed by atoms with E-state index in [1.807, 2.05) is 18.2 Å². The first-order chi connectivity index (χ1) is 20.3. The van der Waals surface area contributed by atoms with Gasteiger partial charge in [-0.3, -0.25) is 9.59 Å². The van der Waals surface area contributed by atoms with E-state index in [0.717, 1.165) is 76.5 Å². The van der Waals surface area contributed by atoms with Gasteiger partial charge in [-0.1, -0.05) is 141 Å². The summed E-state index contributed by atoms with van der Waals surface area (Å²) in [4.78, 5) is 23.8. The van der Waals surface area contributed by atoms with Crippen LogP contribution in [0.5, 0.6) is 0 Å². The number of esters is 2. The molecule has 244 valence electrons. The SMILES string of the molecule is CC/C=C/C/C=C/C=C/C(O)CCCCCCCC(=O)OC[C@@H](O)COC(=O)CCCCCCCCCCCC(C)C. The Morgan fingerprint density at radius 3 is 1.60 bits per heavy atom. The van der Waals surface area contributed by atoms with Gasteiger partial charge in [0.1, 0.15) is 19.3 Å². The van der Waals surface area contributed by atoms with Crippen molar-refractivity contribution in [2.45, 2.75) is 161 Å². The predicted molar refractivity (Wildman–Crippen MR) is 174 cm³/mol.